The van der Waals surface area contributed by atoms with Gasteiger partial charge >= 0.3 is 0 Å². The molecule has 0 spiro atoms. The van der Waals surface area contributed by atoms with E-state index in [1.165, 1.54) is 0 Å². The van der Waals surface area contributed by atoms with Crippen molar-refractivity contribution in [3.8, 4) is 5.75 Å². The summed E-state index contributed by atoms with van der Waals surface area (Å²) in [6.07, 6.45) is 2.79. The first-order chi connectivity index (χ1) is 9.24. The lowest BCUT2D eigenvalue weighted by Crippen LogP contribution is -2.36. The van der Waals surface area contributed by atoms with Gasteiger partial charge in [-0.1, -0.05) is 18.6 Å². The third-order valence-electron chi connectivity index (χ3n) is 3.97. The lowest BCUT2D eigenvalue weighted by molar-refractivity contribution is 0.155. The van der Waals surface area contributed by atoms with Crippen molar-refractivity contribution in [2.45, 2.75) is 31.4 Å². The average Bonchev–Trinajstić information content (AvgIpc) is 2.92. The molecule has 1 aliphatic rings. The molecule has 0 amide bonds. The summed E-state index contributed by atoms with van der Waals surface area (Å²) in [6.45, 7) is 0.754. The van der Waals surface area contributed by atoms with Crippen molar-refractivity contribution in [3.05, 3.63) is 29.8 Å². The Labute approximate surface area is 114 Å². The number of benzene rings is 1. The van der Waals surface area contributed by atoms with Crippen LogP contribution in [0.25, 0.3) is 0 Å². The Hall–Kier alpha value is -1.10. The van der Waals surface area contributed by atoms with Gasteiger partial charge in [0, 0.05) is 19.2 Å². The maximum atomic E-state index is 10.1. The predicted octanol–water partition coefficient (Wildman–Crippen LogP) is 1.48. The van der Waals surface area contributed by atoms with Crippen LogP contribution in [0.2, 0.25) is 0 Å². The highest BCUT2D eigenvalue weighted by molar-refractivity contribution is 5.28. The third kappa shape index (κ3) is 3.69. The van der Waals surface area contributed by atoms with Gasteiger partial charge in [-0.15, -0.1) is 0 Å². The second-order valence-electron chi connectivity index (χ2n) is 5.18. The van der Waals surface area contributed by atoms with Gasteiger partial charge in [0.15, 0.2) is 0 Å². The molecule has 0 heterocycles. The quantitative estimate of drug-likeness (QED) is 0.729. The molecule has 1 fully saturated rings. The molecular weight excluding hydrogens is 242 g/mol. The smallest absolute Gasteiger partial charge is 0.118 e. The largest absolute Gasteiger partial charge is 0.497 e. The van der Waals surface area contributed by atoms with Gasteiger partial charge in [-0.2, -0.15) is 0 Å². The Balaban J connectivity index is 1.84. The highest BCUT2D eigenvalue weighted by atomic mass is 16.5. The van der Waals surface area contributed by atoms with E-state index >= 15 is 0 Å². The summed E-state index contributed by atoms with van der Waals surface area (Å²) in [6, 6.07) is 7.79. The van der Waals surface area contributed by atoms with Crippen LogP contribution >= 0.6 is 0 Å². The zero-order chi connectivity index (χ0) is 13.7. The molecule has 1 saturated carbocycles. The van der Waals surface area contributed by atoms with Crippen LogP contribution in [0.4, 0.5) is 0 Å². The molecule has 0 aliphatic heterocycles. The summed E-state index contributed by atoms with van der Waals surface area (Å²) >= 11 is 0. The predicted molar refractivity (Wildman–Crippen MR) is 74.2 cm³/mol. The first-order valence-corrected chi connectivity index (χ1v) is 6.91. The normalized spacial score (nSPS) is 24.4. The molecule has 2 rings (SSSR count). The first-order valence-electron chi connectivity index (χ1n) is 6.91. The molecular formula is C15H23NO3. The molecule has 1 aromatic carbocycles. The topological polar surface area (TPSA) is 61.7 Å². The Bertz CT molecular complexity index is 379. The van der Waals surface area contributed by atoms with Gasteiger partial charge in [-0.05, 0) is 36.5 Å². The molecule has 19 heavy (non-hydrogen) atoms. The minimum absolute atomic E-state index is 0.232. The molecule has 4 heteroatoms. The minimum atomic E-state index is -0.522. The number of hydrogen-bond donors (Lipinski definition) is 3. The van der Waals surface area contributed by atoms with E-state index in [0.717, 1.165) is 30.6 Å². The monoisotopic (exact) mass is 265 g/mol. The van der Waals surface area contributed by atoms with Gasteiger partial charge in [0.1, 0.15) is 5.75 Å². The van der Waals surface area contributed by atoms with E-state index in [2.05, 4.69) is 5.32 Å². The van der Waals surface area contributed by atoms with E-state index in [9.17, 15) is 10.2 Å². The molecule has 0 saturated heterocycles. The molecule has 3 N–H and O–H groups in total. The molecule has 0 radical (unpaired) electrons. The van der Waals surface area contributed by atoms with Crippen molar-refractivity contribution in [3.63, 3.8) is 0 Å². The summed E-state index contributed by atoms with van der Waals surface area (Å²) in [4.78, 5) is 0. The fraction of sp³-hybridized carbons (Fsp3) is 0.600. The molecule has 3 unspecified atom stereocenters. The maximum Gasteiger partial charge on any atom is 0.118 e. The van der Waals surface area contributed by atoms with Crippen LogP contribution in [0, 0.1) is 5.92 Å². The number of aliphatic hydroxyl groups excluding tert-OH is 2. The van der Waals surface area contributed by atoms with Crippen molar-refractivity contribution < 1.29 is 14.9 Å². The van der Waals surface area contributed by atoms with E-state index in [1.54, 1.807) is 7.11 Å². The van der Waals surface area contributed by atoms with Gasteiger partial charge in [0.2, 0.25) is 0 Å². The van der Waals surface area contributed by atoms with Crippen LogP contribution in [0.15, 0.2) is 24.3 Å². The standard InChI is InChI=1S/C15H23NO3/c1-19-13-7-5-11(6-8-13)15(18)9-16-14-4-2-3-12(14)10-17/h5-8,12,14-18H,2-4,9-10H2,1H3. The molecule has 1 aliphatic carbocycles. The van der Waals surface area contributed by atoms with Crippen LogP contribution < -0.4 is 10.1 Å². The molecule has 0 bridgehead atoms. The van der Waals surface area contributed by atoms with Crippen molar-refractivity contribution in [2.24, 2.45) is 5.92 Å². The number of ether oxygens (including phenoxy) is 1. The van der Waals surface area contributed by atoms with E-state index in [0.29, 0.717) is 18.5 Å². The van der Waals surface area contributed by atoms with E-state index < -0.39 is 6.10 Å². The average molecular weight is 265 g/mol. The van der Waals surface area contributed by atoms with Crippen LogP contribution in [0.3, 0.4) is 0 Å². The summed E-state index contributed by atoms with van der Waals surface area (Å²) in [5.74, 6) is 1.13. The zero-order valence-corrected chi connectivity index (χ0v) is 11.4. The van der Waals surface area contributed by atoms with Crippen molar-refractivity contribution in [2.75, 3.05) is 20.3 Å². The maximum absolute atomic E-state index is 10.1. The molecule has 4 nitrogen and oxygen atoms in total. The molecule has 3 atom stereocenters. The highest BCUT2D eigenvalue weighted by Gasteiger charge is 2.26. The van der Waals surface area contributed by atoms with Gasteiger partial charge in [-0.25, -0.2) is 0 Å². The Kier molecular flexibility index (Phi) is 5.19. The SMILES string of the molecule is COc1ccc(C(O)CNC2CCCC2CO)cc1. The zero-order valence-electron chi connectivity index (χ0n) is 11.4. The molecule has 106 valence electrons. The summed E-state index contributed by atoms with van der Waals surface area (Å²) in [7, 11) is 1.63. The number of rotatable bonds is 6. The van der Waals surface area contributed by atoms with Crippen molar-refractivity contribution >= 4 is 0 Å². The van der Waals surface area contributed by atoms with Gasteiger partial charge < -0.3 is 20.3 Å². The van der Waals surface area contributed by atoms with Gasteiger partial charge in [0.25, 0.3) is 0 Å². The minimum Gasteiger partial charge on any atom is -0.497 e. The number of hydrogen-bond acceptors (Lipinski definition) is 4. The lowest BCUT2D eigenvalue weighted by Gasteiger charge is -2.21. The second kappa shape index (κ2) is 6.89. The number of methoxy groups -OCH3 is 1. The van der Waals surface area contributed by atoms with Gasteiger partial charge in [-0.3, -0.25) is 0 Å². The fourth-order valence-electron chi connectivity index (χ4n) is 2.73. The summed E-state index contributed by atoms with van der Waals surface area (Å²) < 4.78 is 5.09. The highest BCUT2D eigenvalue weighted by Crippen LogP contribution is 2.25. The van der Waals surface area contributed by atoms with E-state index in [1.807, 2.05) is 24.3 Å². The Morgan fingerprint density at radius 1 is 1.32 bits per heavy atom. The van der Waals surface area contributed by atoms with Crippen LogP contribution in [-0.2, 0) is 0 Å². The van der Waals surface area contributed by atoms with E-state index in [-0.39, 0.29) is 6.61 Å². The number of nitrogens with one attached hydrogen (secondary N) is 1. The Morgan fingerprint density at radius 2 is 2.05 bits per heavy atom. The van der Waals surface area contributed by atoms with E-state index in [4.69, 9.17) is 4.74 Å². The van der Waals surface area contributed by atoms with Crippen LogP contribution in [0.5, 0.6) is 5.75 Å². The fourth-order valence-corrected chi connectivity index (χ4v) is 2.73. The van der Waals surface area contributed by atoms with Gasteiger partial charge in [0.05, 0.1) is 13.2 Å². The third-order valence-corrected chi connectivity index (χ3v) is 3.97. The van der Waals surface area contributed by atoms with Crippen LogP contribution in [0.1, 0.15) is 30.9 Å². The lowest BCUT2D eigenvalue weighted by atomic mass is 10.0. The van der Waals surface area contributed by atoms with Crippen LogP contribution in [-0.4, -0.2) is 36.5 Å². The molecule has 1 aromatic rings. The molecule has 0 aromatic heterocycles. The van der Waals surface area contributed by atoms with Crippen molar-refractivity contribution in [1.82, 2.24) is 5.32 Å². The summed E-state index contributed by atoms with van der Waals surface area (Å²) in [5.41, 5.74) is 0.881. The van der Waals surface area contributed by atoms with Crippen molar-refractivity contribution in [1.29, 1.82) is 0 Å². The second-order valence-corrected chi connectivity index (χ2v) is 5.18. The first kappa shape index (κ1) is 14.3. The Morgan fingerprint density at radius 3 is 2.68 bits per heavy atom. The number of aliphatic hydroxyl groups is 2. The summed E-state index contributed by atoms with van der Waals surface area (Å²) in [5, 5.41) is 22.8.